The molecule has 2 heterocycles. The minimum absolute atomic E-state index is 0.140. The minimum Gasteiger partial charge on any atom is -0.479 e. The number of hydrogen-bond acceptors (Lipinski definition) is 5. The number of ether oxygens (including phenoxy) is 1. The summed E-state index contributed by atoms with van der Waals surface area (Å²) >= 11 is 1.67. The van der Waals surface area contributed by atoms with Crippen LogP contribution in [0.3, 0.4) is 0 Å². The largest absolute Gasteiger partial charge is 0.479 e. The number of hydrogen-bond donors (Lipinski definition) is 2. The van der Waals surface area contributed by atoms with Crippen molar-refractivity contribution < 1.29 is 14.3 Å². The lowest BCUT2D eigenvalue weighted by atomic mass is 10.2. The first-order valence-corrected chi connectivity index (χ1v) is 9.24. The summed E-state index contributed by atoms with van der Waals surface area (Å²) in [5, 5.41) is 11.7. The average Bonchev–Trinajstić information content (AvgIpc) is 3.31. The number of nitrogens with one attached hydrogen (secondary N) is 2. The van der Waals surface area contributed by atoms with Gasteiger partial charge in [-0.2, -0.15) is 0 Å². The summed E-state index contributed by atoms with van der Waals surface area (Å²) in [4.78, 5) is 25.8. The van der Waals surface area contributed by atoms with Crippen LogP contribution in [-0.4, -0.2) is 35.2 Å². The van der Waals surface area contributed by atoms with Gasteiger partial charge < -0.3 is 15.4 Å². The first kappa shape index (κ1) is 18.7. The van der Waals surface area contributed by atoms with E-state index < -0.39 is 0 Å². The molecule has 0 aliphatic carbocycles. The molecule has 27 heavy (non-hydrogen) atoms. The van der Waals surface area contributed by atoms with Crippen LogP contribution in [0.5, 0.6) is 5.88 Å². The number of anilines is 1. The molecule has 2 aromatic heterocycles. The van der Waals surface area contributed by atoms with Gasteiger partial charge in [-0.05, 0) is 42.1 Å². The highest BCUT2D eigenvalue weighted by Gasteiger charge is 2.16. The van der Waals surface area contributed by atoms with E-state index in [0.717, 1.165) is 6.42 Å². The molecule has 3 rings (SSSR count). The molecule has 0 saturated carbocycles. The van der Waals surface area contributed by atoms with Gasteiger partial charge in [-0.1, -0.05) is 6.07 Å². The van der Waals surface area contributed by atoms with Gasteiger partial charge in [0.25, 0.3) is 11.8 Å². The number of methoxy groups -OCH3 is 1. The summed E-state index contributed by atoms with van der Waals surface area (Å²) < 4.78 is 6.61. The molecular weight excluding hydrogens is 364 g/mol. The molecule has 2 N–H and O–H groups in total. The van der Waals surface area contributed by atoms with E-state index in [4.69, 9.17) is 4.74 Å². The van der Waals surface area contributed by atoms with Gasteiger partial charge in [0.15, 0.2) is 0 Å². The summed E-state index contributed by atoms with van der Waals surface area (Å²) in [7, 11) is 3.18. The number of carbonyl (C=O) groups excluding carboxylic acids is 2. The van der Waals surface area contributed by atoms with Crippen LogP contribution in [0.2, 0.25) is 0 Å². The average molecular weight is 384 g/mol. The number of aryl methyl sites for hydroxylation is 1. The molecule has 2 amide bonds. The maximum atomic E-state index is 12.4. The van der Waals surface area contributed by atoms with Crippen molar-refractivity contribution in [3.8, 4) is 5.88 Å². The SMILES string of the molecule is COc1nn(C)cc1C(=O)Nc1ccc(C(=O)NCCc2cccs2)cc1. The lowest BCUT2D eigenvalue weighted by molar-refractivity contribution is 0.0953. The molecule has 0 unspecified atom stereocenters. The van der Waals surface area contributed by atoms with Crippen molar-refractivity contribution in [3.05, 3.63) is 64.0 Å². The Bertz CT molecular complexity index is 917. The number of benzene rings is 1. The van der Waals surface area contributed by atoms with Crippen molar-refractivity contribution in [1.29, 1.82) is 0 Å². The molecule has 0 spiro atoms. The number of amides is 2. The number of thiophene rings is 1. The van der Waals surface area contributed by atoms with Crippen molar-refractivity contribution in [2.75, 3.05) is 19.0 Å². The summed E-state index contributed by atoms with van der Waals surface area (Å²) in [6, 6.07) is 10.8. The smallest absolute Gasteiger partial charge is 0.262 e. The zero-order valence-electron chi connectivity index (χ0n) is 15.1. The molecule has 0 aliphatic heterocycles. The summed E-state index contributed by atoms with van der Waals surface area (Å²) in [5.74, 6) is -0.205. The molecule has 0 fully saturated rings. The van der Waals surface area contributed by atoms with Gasteiger partial charge in [-0.15, -0.1) is 16.4 Å². The van der Waals surface area contributed by atoms with Crippen LogP contribution in [0.1, 0.15) is 25.6 Å². The Labute approximate surface area is 161 Å². The number of nitrogens with zero attached hydrogens (tertiary/aromatic N) is 2. The standard InChI is InChI=1S/C19H20N4O3S/c1-23-12-16(19(22-23)26-2)18(25)21-14-7-5-13(6-8-14)17(24)20-10-9-15-4-3-11-27-15/h3-8,11-12H,9-10H2,1-2H3,(H,20,24)(H,21,25). The molecule has 140 valence electrons. The summed E-state index contributed by atoms with van der Waals surface area (Å²) in [6.45, 7) is 0.582. The van der Waals surface area contributed by atoms with E-state index in [2.05, 4.69) is 15.7 Å². The Morgan fingerprint density at radius 3 is 2.63 bits per heavy atom. The van der Waals surface area contributed by atoms with E-state index >= 15 is 0 Å². The van der Waals surface area contributed by atoms with Crippen LogP contribution < -0.4 is 15.4 Å². The Kier molecular flexibility index (Phi) is 5.87. The van der Waals surface area contributed by atoms with Gasteiger partial charge in [0.2, 0.25) is 5.88 Å². The maximum Gasteiger partial charge on any atom is 0.262 e. The van der Waals surface area contributed by atoms with Crippen LogP contribution in [0.4, 0.5) is 5.69 Å². The Balaban J connectivity index is 1.56. The van der Waals surface area contributed by atoms with Crippen LogP contribution in [0.15, 0.2) is 48.0 Å². The fraction of sp³-hybridized carbons (Fsp3) is 0.211. The third-order valence-electron chi connectivity index (χ3n) is 3.87. The van der Waals surface area contributed by atoms with Crippen molar-refractivity contribution in [3.63, 3.8) is 0 Å². The van der Waals surface area contributed by atoms with Crippen molar-refractivity contribution in [2.24, 2.45) is 7.05 Å². The van der Waals surface area contributed by atoms with Crippen LogP contribution >= 0.6 is 11.3 Å². The number of rotatable bonds is 7. The van der Waals surface area contributed by atoms with Gasteiger partial charge >= 0.3 is 0 Å². The molecule has 0 radical (unpaired) electrons. The van der Waals surface area contributed by atoms with Crippen LogP contribution in [-0.2, 0) is 13.5 Å². The summed E-state index contributed by atoms with van der Waals surface area (Å²) in [5.41, 5.74) is 1.47. The van der Waals surface area contributed by atoms with Crippen LogP contribution in [0, 0.1) is 0 Å². The zero-order valence-corrected chi connectivity index (χ0v) is 15.9. The Hall–Kier alpha value is -3.13. The zero-order chi connectivity index (χ0) is 19.2. The predicted molar refractivity (Wildman–Crippen MR) is 105 cm³/mol. The highest BCUT2D eigenvalue weighted by Crippen LogP contribution is 2.17. The lowest BCUT2D eigenvalue weighted by Crippen LogP contribution is -2.25. The quantitative estimate of drug-likeness (QED) is 0.656. The highest BCUT2D eigenvalue weighted by molar-refractivity contribution is 7.09. The molecule has 0 bridgehead atoms. The van der Waals surface area contributed by atoms with Crippen molar-refractivity contribution in [1.82, 2.24) is 15.1 Å². The van der Waals surface area contributed by atoms with Gasteiger partial charge in [-0.3, -0.25) is 14.3 Å². The van der Waals surface area contributed by atoms with Crippen molar-refractivity contribution in [2.45, 2.75) is 6.42 Å². The lowest BCUT2D eigenvalue weighted by Gasteiger charge is -2.07. The second-order valence-corrected chi connectivity index (χ2v) is 6.87. The van der Waals surface area contributed by atoms with Gasteiger partial charge in [0.05, 0.1) is 7.11 Å². The van der Waals surface area contributed by atoms with E-state index in [1.165, 1.54) is 16.7 Å². The molecule has 1 aromatic carbocycles. The molecule has 3 aromatic rings. The second-order valence-electron chi connectivity index (χ2n) is 5.84. The minimum atomic E-state index is -0.326. The fourth-order valence-corrected chi connectivity index (χ4v) is 3.24. The third-order valence-corrected chi connectivity index (χ3v) is 4.81. The normalized spacial score (nSPS) is 10.4. The molecule has 7 nitrogen and oxygen atoms in total. The van der Waals surface area contributed by atoms with Gasteiger partial charge in [0.1, 0.15) is 5.56 Å². The summed E-state index contributed by atoms with van der Waals surface area (Å²) in [6.07, 6.45) is 2.40. The maximum absolute atomic E-state index is 12.4. The molecule has 0 saturated heterocycles. The monoisotopic (exact) mass is 384 g/mol. The van der Waals surface area contributed by atoms with E-state index in [1.54, 1.807) is 48.8 Å². The molecular formula is C19H20N4O3S. The number of aromatic nitrogens is 2. The number of carbonyl (C=O) groups is 2. The van der Waals surface area contributed by atoms with E-state index in [9.17, 15) is 9.59 Å². The topological polar surface area (TPSA) is 85.2 Å². The van der Waals surface area contributed by atoms with Gasteiger partial charge in [0, 0.05) is 35.9 Å². The van der Waals surface area contributed by atoms with Crippen LogP contribution in [0.25, 0.3) is 0 Å². The first-order chi connectivity index (χ1) is 13.1. The predicted octanol–water partition coefficient (Wildman–Crippen LogP) is 2.72. The van der Waals surface area contributed by atoms with E-state index in [1.807, 2.05) is 17.5 Å². The first-order valence-electron chi connectivity index (χ1n) is 8.36. The molecule has 0 aliphatic rings. The Morgan fingerprint density at radius 2 is 1.96 bits per heavy atom. The molecule has 0 atom stereocenters. The highest BCUT2D eigenvalue weighted by atomic mass is 32.1. The second kappa shape index (κ2) is 8.50. The molecule has 8 heteroatoms. The van der Waals surface area contributed by atoms with E-state index in [-0.39, 0.29) is 17.7 Å². The third kappa shape index (κ3) is 4.73. The van der Waals surface area contributed by atoms with Gasteiger partial charge in [-0.25, -0.2) is 0 Å². The Morgan fingerprint density at radius 1 is 1.19 bits per heavy atom. The van der Waals surface area contributed by atoms with E-state index in [0.29, 0.717) is 23.4 Å². The van der Waals surface area contributed by atoms with Crippen molar-refractivity contribution >= 4 is 28.8 Å². The fourth-order valence-electron chi connectivity index (χ4n) is 2.53.